The van der Waals surface area contributed by atoms with E-state index in [0.717, 1.165) is 5.56 Å². The molecule has 162 valence electrons. The van der Waals surface area contributed by atoms with Crippen molar-refractivity contribution in [3.8, 4) is 22.4 Å². The first-order valence-electron chi connectivity index (χ1n) is 9.95. The van der Waals surface area contributed by atoms with Crippen LogP contribution >= 0.6 is 0 Å². The fourth-order valence-electron chi connectivity index (χ4n) is 3.38. The Morgan fingerprint density at radius 3 is 2.15 bits per heavy atom. The van der Waals surface area contributed by atoms with Crippen molar-refractivity contribution in [1.82, 2.24) is 15.6 Å². The molecule has 8 heteroatoms. The molecule has 3 aromatic carbocycles. The largest absolute Gasteiger partial charge is 0.478 e. The molecule has 0 unspecified atom stereocenters. The number of amides is 1. The number of nitrogens with one attached hydrogen (secondary N) is 2. The van der Waals surface area contributed by atoms with Gasteiger partial charge in [-0.2, -0.15) is 10.2 Å². The Hall–Kier alpha value is -4.85. The zero-order valence-electron chi connectivity index (χ0n) is 17.2. The van der Waals surface area contributed by atoms with E-state index in [1.165, 1.54) is 12.3 Å². The molecule has 0 atom stereocenters. The van der Waals surface area contributed by atoms with Gasteiger partial charge in [-0.1, -0.05) is 78.9 Å². The molecule has 33 heavy (non-hydrogen) atoms. The van der Waals surface area contributed by atoms with Gasteiger partial charge in [-0.3, -0.25) is 9.59 Å². The third-order valence-electron chi connectivity index (χ3n) is 4.88. The number of carboxylic acid groups (broad SMARTS) is 1. The van der Waals surface area contributed by atoms with Gasteiger partial charge >= 0.3 is 5.97 Å². The van der Waals surface area contributed by atoms with Crippen LogP contribution < -0.4 is 11.0 Å². The van der Waals surface area contributed by atoms with Crippen molar-refractivity contribution in [2.24, 2.45) is 5.10 Å². The summed E-state index contributed by atoms with van der Waals surface area (Å²) in [6.07, 6.45) is 1.22. The zero-order chi connectivity index (χ0) is 23.2. The van der Waals surface area contributed by atoms with Gasteiger partial charge in [0.05, 0.1) is 17.5 Å². The van der Waals surface area contributed by atoms with Gasteiger partial charge in [-0.05, 0) is 11.6 Å². The molecule has 1 aromatic heterocycles. The van der Waals surface area contributed by atoms with E-state index in [9.17, 15) is 19.5 Å². The van der Waals surface area contributed by atoms with Crippen LogP contribution in [0.3, 0.4) is 0 Å². The summed E-state index contributed by atoms with van der Waals surface area (Å²) < 4.78 is 0. The lowest BCUT2D eigenvalue weighted by molar-refractivity contribution is 0.0696. The molecule has 0 spiro atoms. The molecule has 1 amide bonds. The Bertz CT molecular complexity index is 1400. The lowest BCUT2D eigenvalue weighted by atomic mass is 9.95. The topological polar surface area (TPSA) is 125 Å². The first-order valence-corrected chi connectivity index (χ1v) is 9.95. The van der Waals surface area contributed by atoms with Crippen LogP contribution in [0.1, 0.15) is 26.3 Å². The Morgan fingerprint density at radius 2 is 1.48 bits per heavy atom. The summed E-state index contributed by atoms with van der Waals surface area (Å²) in [6.45, 7) is 0. The van der Waals surface area contributed by atoms with Crippen LogP contribution in [0.25, 0.3) is 22.4 Å². The smallest absolute Gasteiger partial charge is 0.336 e. The molecule has 4 rings (SSSR count). The van der Waals surface area contributed by atoms with E-state index < -0.39 is 17.4 Å². The van der Waals surface area contributed by atoms with Crippen molar-refractivity contribution < 1.29 is 14.7 Å². The van der Waals surface area contributed by atoms with E-state index in [-0.39, 0.29) is 11.1 Å². The van der Waals surface area contributed by atoms with Gasteiger partial charge < -0.3 is 5.11 Å². The molecular formula is C25H18N4O4. The number of hydrogen-bond donors (Lipinski definition) is 3. The summed E-state index contributed by atoms with van der Waals surface area (Å²) in [5.41, 5.74) is 4.01. The fraction of sp³-hybridized carbons (Fsp3) is 0. The summed E-state index contributed by atoms with van der Waals surface area (Å²) in [5.74, 6) is -1.87. The molecule has 0 saturated carbocycles. The maximum Gasteiger partial charge on any atom is 0.336 e. The number of carbonyl (C=O) groups excluding carboxylic acids is 1. The lowest BCUT2D eigenvalue weighted by Gasteiger charge is -2.12. The second-order valence-electron chi connectivity index (χ2n) is 6.97. The molecule has 0 fully saturated rings. The Morgan fingerprint density at radius 1 is 0.879 bits per heavy atom. The van der Waals surface area contributed by atoms with Crippen LogP contribution in [0.4, 0.5) is 0 Å². The van der Waals surface area contributed by atoms with E-state index in [1.807, 2.05) is 36.4 Å². The number of hydrogen-bond acceptors (Lipinski definition) is 5. The first kappa shape index (κ1) is 21.4. The maximum absolute atomic E-state index is 13.1. The average Bonchev–Trinajstić information content (AvgIpc) is 2.85. The molecule has 0 radical (unpaired) electrons. The van der Waals surface area contributed by atoms with E-state index in [0.29, 0.717) is 22.4 Å². The number of hydrazone groups is 1. The van der Waals surface area contributed by atoms with Gasteiger partial charge in [0.1, 0.15) is 5.56 Å². The van der Waals surface area contributed by atoms with Gasteiger partial charge in [0.25, 0.3) is 11.5 Å². The number of carboxylic acids is 1. The molecule has 3 N–H and O–H groups in total. The van der Waals surface area contributed by atoms with Crippen molar-refractivity contribution in [2.75, 3.05) is 0 Å². The van der Waals surface area contributed by atoms with Gasteiger partial charge in [-0.25, -0.2) is 15.3 Å². The fourth-order valence-corrected chi connectivity index (χ4v) is 3.38. The number of carbonyl (C=O) groups is 2. The van der Waals surface area contributed by atoms with Crippen LogP contribution in [0.15, 0.2) is 94.8 Å². The summed E-state index contributed by atoms with van der Waals surface area (Å²) in [5, 5.41) is 19.8. The van der Waals surface area contributed by atoms with Crippen LogP contribution in [0.5, 0.6) is 0 Å². The number of H-pyrrole nitrogens is 1. The minimum absolute atomic E-state index is 0.0357. The van der Waals surface area contributed by atoms with Gasteiger partial charge in [0, 0.05) is 16.7 Å². The highest BCUT2D eigenvalue weighted by molar-refractivity contribution is 6.04. The zero-order valence-corrected chi connectivity index (χ0v) is 17.2. The maximum atomic E-state index is 13.1. The molecule has 0 bridgehead atoms. The first-order chi connectivity index (χ1) is 16.1. The number of rotatable bonds is 6. The van der Waals surface area contributed by atoms with Crippen LogP contribution in [-0.2, 0) is 0 Å². The number of benzene rings is 3. The number of nitrogens with zero attached hydrogens (tertiary/aromatic N) is 2. The van der Waals surface area contributed by atoms with Crippen molar-refractivity contribution >= 4 is 18.1 Å². The second kappa shape index (κ2) is 9.52. The third kappa shape index (κ3) is 4.59. The second-order valence-corrected chi connectivity index (χ2v) is 6.97. The highest BCUT2D eigenvalue weighted by Gasteiger charge is 2.22. The molecule has 4 aromatic rings. The van der Waals surface area contributed by atoms with Crippen LogP contribution in [-0.4, -0.2) is 33.4 Å². The third-order valence-corrected chi connectivity index (χ3v) is 4.88. The minimum Gasteiger partial charge on any atom is -0.478 e. The van der Waals surface area contributed by atoms with Crippen LogP contribution in [0, 0.1) is 0 Å². The molecule has 0 aliphatic heterocycles. The monoisotopic (exact) mass is 438 g/mol. The summed E-state index contributed by atoms with van der Waals surface area (Å²) in [6, 6.07) is 24.4. The standard InChI is InChI=1S/C25H18N4O4/c30-23(28-26-15-18-13-7-8-14-19(18)25(32)33)21-20(16-9-3-1-4-10-16)22(27-29-24(21)31)17-11-5-2-6-12-17/h1-15H,(H,28,30)(H,29,31)(H,32,33). The van der Waals surface area contributed by atoms with Crippen molar-refractivity contribution in [1.29, 1.82) is 0 Å². The molecule has 0 saturated heterocycles. The normalized spacial score (nSPS) is 10.8. The highest BCUT2D eigenvalue weighted by Crippen LogP contribution is 2.31. The lowest BCUT2D eigenvalue weighted by Crippen LogP contribution is -2.28. The Labute approximate surface area is 188 Å². The number of aromatic nitrogens is 2. The van der Waals surface area contributed by atoms with Gasteiger partial charge in [0.15, 0.2) is 0 Å². The van der Waals surface area contributed by atoms with Crippen LogP contribution in [0.2, 0.25) is 0 Å². The minimum atomic E-state index is -1.12. The highest BCUT2D eigenvalue weighted by atomic mass is 16.4. The van der Waals surface area contributed by atoms with E-state index in [1.54, 1.807) is 42.5 Å². The van der Waals surface area contributed by atoms with Gasteiger partial charge in [0.2, 0.25) is 0 Å². The summed E-state index contributed by atoms with van der Waals surface area (Å²) in [7, 11) is 0. The SMILES string of the molecule is O=C(O)c1ccccc1C=NNC(=O)c1c(-c2ccccc2)c(-c2ccccc2)n[nH]c1=O. The van der Waals surface area contributed by atoms with Crippen molar-refractivity contribution in [3.63, 3.8) is 0 Å². The molecular weight excluding hydrogens is 420 g/mol. The van der Waals surface area contributed by atoms with E-state index in [4.69, 9.17) is 0 Å². The average molecular weight is 438 g/mol. The Balaban J connectivity index is 1.77. The predicted octanol–water partition coefficient (Wildman–Crippen LogP) is 3.57. The molecule has 0 aliphatic carbocycles. The summed E-state index contributed by atoms with van der Waals surface area (Å²) in [4.78, 5) is 37.1. The van der Waals surface area contributed by atoms with E-state index >= 15 is 0 Å². The Kier molecular flexibility index (Phi) is 6.17. The quantitative estimate of drug-likeness (QED) is 0.314. The van der Waals surface area contributed by atoms with Gasteiger partial charge in [-0.15, -0.1) is 0 Å². The van der Waals surface area contributed by atoms with Crippen molar-refractivity contribution in [3.05, 3.63) is 112 Å². The number of aromatic amines is 1. The van der Waals surface area contributed by atoms with Crippen molar-refractivity contribution in [2.45, 2.75) is 0 Å². The molecule has 1 heterocycles. The van der Waals surface area contributed by atoms with E-state index in [2.05, 4.69) is 20.7 Å². The molecule has 8 nitrogen and oxygen atoms in total. The summed E-state index contributed by atoms with van der Waals surface area (Å²) >= 11 is 0. The predicted molar refractivity (Wildman–Crippen MR) is 124 cm³/mol. The number of aromatic carboxylic acids is 1. The molecule has 0 aliphatic rings.